The van der Waals surface area contributed by atoms with Crippen LogP contribution < -0.4 is 0 Å². The summed E-state index contributed by atoms with van der Waals surface area (Å²) in [6.07, 6.45) is 25.0. The highest BCUT2D eigenvalue weighted by Crippen LogP contribution is 2.47. The third-order valence-corrected chi connectivity index (χ3v) is 8.32. The molecule has 0 spiro atoms. The molecule has 3 unspecified atom stereocenters. The number of rotatable bonds is 21. The Morgan fingerprint density at radius 3 is 1.67 bits per heavy atom. The number of ketones is 3. The van der Waals surface area contributed by atoms with Gasteiger partial charge in [-0.25, -0.2) is 0 Å². The summed E-state index contributed by atoms with van der Waals surface area (Å²) in [5.41, 5.74) is 0. The van der Waals surface area contributed by atoms with Crippen molar-refractivity contribution in [1.29, 1.82) is 0 Å². The molecule has 0 radical (unpaired) electrons. The summed E-state index contributed by atoms with van der Waals surface area (Å²) >= 11 is 0. The zero-order valence-electron chi connectivity index (χ0n) is 21.7. The number of fused-ring (bicyclic) bond motifs is 1. The minimum Gasteiger partial charge on any atom is -0.300 e. The molecular weight excluding hydrogens is 408 g/mol. The van der Waals surface area contributed by atoms with Crippen molar-refractivity contribution in [1.82, 2.24) is 0 Å². The summed E-state index contributed by atoms with van der Waals surface area (Å²) in [6, 6.07) is 0. The molecule has 0 aromatic rings. The quantitative estimate of drug-likeness (QED) is 0.161. The van der Waals surface area contributed by atoms with Crippen LogP contribution in [0.3, 0.4) is 0 Å². The molecule has 2 aliphatic carbocycles. The Kier molecular flexibility index (Phi) is 14.9. The summed E-state index contributed by atoms with van der Waals surface area (Å²) in [4.78, 5) is 35.7. The van der Waals surface area contributed by atoms with Crippen molar-refractivity contribution < 1.29 is 14.4 Å². The first-order valence-electron chi connectivity index (χ1n) is 14.6. The van der Waals surface area contributed by atoms with E-state index in [1.807, 2.05) is 0 Å². The number of carbonyl (C=O) groups excluding carboxylic acids is 3. The predicted octanol–water partition coefficient (Wildman–Crippen LogP) is 8.56. The van der Waals surface area contributed by atoms with Crippen LogP contribution in [-0.2, 0) is 14.4 Å². The molecule has 190 valence electrons. The number of hydrogen-bond acceptors (Lipinski definition) is 3. The van der Waals surface area contributed by atoms with Gasteiger partial charge in [0, 0.05) is 38.5 Å². The first-order chi connectivity index (χ1) is 16.1. The third-order valence-electron chi connectivity index (χ3n) is 8.32. The highest BCUT2D eigenvalue weighted by atomic mass is 16.1. The predicted molar refractivity (Wildman–Crippen MR) is 137 cm³/mol. The second-order valence-corrected chi connectivity index (χ2v) is 11.2. The Hall–Kier alpha value is -0.990. The molecule has 0 saturated heterocycles. The van der Waals surface area contributed by atoms with Crippen LogP contribution in [0.1, 0.15) is 155 Å². The summed E-state index contributed by atoms with van der Waals surface area (Å²) in [5, 5.41) is 0. The van der Waals surface area contributed by atoms with E-state index in [9.17, 15) is 14.4 Å². The second-order valence-electron chi connectivity index (χ2n) is 11.2. The van der Waals surface area contributed by atoms with Gasteiger partial charge in [0.1, 0.15) is 17.3 Å². The largest absolute Gasteiger partial charge is 0.300 e. The van der Waals surface area contributed by atoms with E-state index >= 15 is 0 Å². The first kappa shape index (κ1) is 28.2. The fourth-order valence-corrected chi connectivity index (χ4v) is 6.26. The molecule has 0 aromatic heterocycles. The summed E-state index contributed by atoms with van der Waals surface area (Å²) in [6.45, 7) is 2.23. The molecule has 33 heavy (non-hydrogen) atoms. The normalized spacial score (nSPS) is 22.1. The van der Waals surface area contributed by atoms with Crippen LogP contribution in [0, 0.1) is 17.8 Å². The topological polar surface area (TPSA) is 51.2 Å². The maximum atomic E-state index is 12.2. The van der Waals surface area contributed by atoms with Crippen LogP contribution in [0.4, 0.5) is 0 Å². The average molecular weight is 461 g/mol. The molecule has 3 nitrogen and oxygen atoms in total. The van der Waals surface area contributed by atoms with Crippen LogP contribution in [0.25, 0.3) is 0 Å². The SMILES string of the molecule is CCCCCCCCC(=O)CCCCCCCCC(=O)CCCCC1CCC2CC(=O)CC12. The monoisotopic (exact) mass is 460 g/mol. The van der Waals surface area contributed by atoms with Crippen molar-refractivity contribution in [3.63, 3.8) is 0 Å². The fraction of sp³-hybridized carbons (Fsp3) is 0.900. The van der Waals surface area contributed by atoms with E-state index < -0.39 is 0 Å². The Morgan fingerprint density at radius 2 is 1.12 bits per heavy atom. The van der Waals surface area contributed by atoms with Crippen LogP contribution >= 0.6 is 0 Å². The molecule has 3 atom stereocenters. The first-order valence-corrected chi connectivity index (χ1v) is 14.6. The van der Waals surface area contributed by atoms with Crippen molar-refractivity contribution >= 4 is 17.3 Å². The van der Waals surface area contributed by atoms with E-state index in [-0.39, 0.29) is 0 Å². The van der Waals surface area contributed by atoms with Gasteiger partial charge in [-0.15, -0.1) is 0 Å². The minimum absolute atomic E-state index is 0.440. The van der Waals surface area contributed by atoms with Crippen LogP contribution in [-0.4, -0.2) is 17.3 Å². The van der Waals surface area contributed by atoms with Crippen molar-refractivity contribution in [2.75, 3.05) is 0 Å². The molecule has 2 saturated carbocycles. The molecule has 0 bridgehead atoms. The van der Waals surface area contributed by atoms with E-state index in [0.29, 0.717) is 29.2 Å². The molecule has 2 fully saturated rings. The molecule has 2 rings (SSSR count). The Bertz CT molecular complexity index is 567. The summed E-state index contributed by atoms with van der Waals surface area (Å²) < 4.78 is 0. The molecular formula is C30H52O3. The van der Waals surface area contributed by atoms with Gasteiger partial charge in [0.05, 0.1) is 0 Å². The lowest BCUT2D eigenvalue weighted by Gasteiger charge is -2.17. The maximum Gasteiger partial charge on any atom is 0.133 e. The molecule has 0 N–H and O–H groups in total. The summed E-state index contributed by atoms with van der Waals surface area (Å²) in [7, 11) is 0. The Labute approximate surface area is 204 Å². The Balaban J connectivity index is 1.32. The minimum atomic E-state index is 0.440. The average Bonchev–Trinajstić information content (AvgIpc) is 3.34. The zero-order valence-corrected chi connectivity index (χ0v) is 21.7. The van der Waals surface area contributed by atoms with Gasteiger partial charge < -0.3 is 0 Å². The van der Waals surface area contributed by atoms with E-state index in [1.165, 1.54) is 64.2 Å². The fourth-order valence-electron chi connectivity index (χ4n) is 6.26. The van der Waals surface area contributed by atoms with Gasteiger partial charge in [0.2, 0.25) is 0 Å². The third kappa shape index (κ3) is 12.3. The lowest BCUT2D eigenvalue weighted by Crippen LogP contribution is -2.10. The molecule has 0 amide bonds. The van der Waals surface area contributed by atoms with Gasteiger partial charge in [0.15, 0.2) is 0 Å². The van der Waals surface area contributed by atoms with Gasteiger partial charge in [-0.1, -0.05) is 77.6 Å². The van der Waals surface area contributed by atoms with E-state index in [1.54, 1.807) is 0 Å². The molecule has 0 aliphatic heterocycles. The molecule has 0 heterocycles. The van der Waals surface area contributed by atoms with Gasteiger partial charge in [0.25, 0.3) is 0 Å². The number of Topliss-reactive ketones (excluding diaryl/α,β-unsaturated/α-hetero) is 3. The Morgan fingerprint density at radius 1 is 0.636 bits per heavy atom. The zero-order chi connectivity index (χ0) is 23.7. The molecule has 2 aliphatic rings. The lowest BCUT2D eigenvalue weighted by molar-refractivity contribution is -0.120. The molecule has 0 aromatic carbocycles. The van der Waals surface area contributed by atoms with Gasteiger partial charge in [-0.05, 0) is 56.3 Å². The van der Waals surface area contributed by atoms with Crippen molar-refractivity contribution in [3.8, 4) is 0 Å². The van der Waals surface area contributed by atoms with Gasteiger partial charge in [-0.3, -0.25) is 14.4 Å². The lowest BCUT2D eigenvalue weighted by atomic mass is 9.88. The standard InChI is InChI=1S/C30H52O3/c1-2-3-4-5-8-11-17-27(31)18-12-9-6-7-10-13-19-28(32)20-15-14-16-25-21-22-26-23-29(33)24-30(25)26/h25-26,30H,2-24H2,1H3. The van der Waals surface area contributed by atoms with Crippen molar-refractivity contribution in [3.05, 3.63) is 0 Å². The summed E-state index contributed by atoms with van der Waals surface area (Å²) in [5.74, 6) is 3.50. The van der Waals surface area contributed by atoms with E-state index in [4.69, 9.17) is 0 Å². The number of hydrogen-bond donors (Lipinski definition) is 0. The second kappa shape index (κ2) is 17.4. The molecule has 3 heteroatoms. The van der Waals surface area contributed by atoms with Crippen molar-refractivity contribution in [2.24, 2.45) is 17.8 Å². The smallest absolute Gasteiger partial charge is 0.133 e. The van der Waals surface area contributed by atoms with Crippen LogP contribution in [0.5, 0.6) is 0 Å². The van der Waals surface area contributed by atoms with Crippen LogP contribution in [0.2, 0.25) is 0 Å². The highest BCUT2D eigenvalue weighted by Gasteiger charge is 2.42. The van der Waals surface area contributed by atoms with Gasteiger partial charge >= 0.3 is 0 Å². The maximum absolute atomic E-state index is 12.2. The van der Waals surface area contributed by atoms with E-state index in [0.717, 1.165) is 89.4 Å². The number of unbranched alkanes of at least 4 members (excludes halogenated alkanes) is 11. The van der Waals surface area contributed by atoms with Gasteiger partial charge in [-0.2, -0.15) is 0 Å². The highest BCUT2D eigenvalue weighted by molar-refractivity contribution is 5.81. The van der Waals surface area contributed by atoms with Crippen molar-refractivity contribution in [2.45, 2.75) is 155 Å². The van der Waals surface area contributed by atoms with Crippen LogP contribution in [0.15, 0.2) is 0 Å². The number of carbonyl (C=O) groups is 3. The van der Waals surface area contributed by atoms with E-state index in [2.05, 4.69) is 6.92 Å².